The van der Waals surface area contributed by atoms with Crippen LogP contribution in [-0.4, -0.2) is 75.2 Å². The predicted octanol–water partition coefficient (Wildman–Crippen LogP) is -0.474. The quantitative estimate of drug-likeness (QED) is 0.480. The Kier molecular flexibility index (Phi) is 5.99. The van der Waals surface area contributed by atoms with Gasteiger partial charge in [0.25, 0.3) is 5.79 Å². The molecule has 25 heavy (non-hydrogen) atoms. The number of rotatable bonds is 4. The van der Waals surface area contributed by atoms with Gasteiger partial charge in [-0.2, -0.15) is 0 Å². The van der Waals surface area contributed by atoms with Crippen molar-refractivity contribution < 1.29 is 47.5 Å². The van der Waals surface area contributed by atoms with Crippen molar-refractivity contribution in [1.29, 1.82) is 0 Å². The molecule has 2 heterocycles. The van der Waals surface area contributed by atoms with Crippen LogP contribution in [0.4, 0.5) is 0 Å². The molecule has 0 aliphatic carbocycles. The van der Waals surface area contributed by atoms with Gasteiger partial charge >= 0.3 is 17.9 Å². The maximum absolute atomic E-state index is 11.9. The second-order valence-electron chi connectivity index (χ2n) is 5.76. The number of hydrogen-bond acceptors (Lipinski definition) is 10. The lowest BCUT2D eigenvalue weighted by Crippen LogP contribution is -2.67. The van der Waals surface area contributed by atoms with Gasteiger partial charge in [-0.25, -0.2) is 4.79 Å². The molecule has 0 amide bonds. The molecule has 2 saturated heterocycles. The SMILES string of the molecule is COC(=O)C1(C)OC[C@H]2O[C@H](OC)[C@H](OC(C)=O)[C@@H](OC(C)=O)[C@@H]2O1. The molecule has 0 saturated carbocycles. The second-order valence-corrected chi connectivity index (χ2v) is 5.76. The molecular formula is C15H22O10. The molecule has 0 spiro atoms. The molecule has 0 aromatic rings. The van der Waals surface area contributed by atoms with Crippen LogP contribution in [-0.2, 0) is 47.5 Å². The highest BCUT2D eigenvalue weighted by atomic mass is 16.8. The highest BCUT2D eigenvalue weighted by molar-refractivity contribution is 5.77. The zero-order chi connectivity index (χ0) is 18.8. The minimum Gasteiger partial charge on any atom is -0.465 e. The van der Waals surface area contributed by atoms with Gasteiger partial charge in [0.2, 0.25) is 0 Å². The van der Waals surface area contributed by atoms with Crippen LogP contribution in [0.15, 0.2) is 0 Å². The summed E-state index contributed by atoms with van der Waals surface area (Å²) < 4.78 is 37.2. The summed E-state index contributed by atoms with van der Waals surface area (Å²) in [6.45, 7) is 3.74. The molecule has 10 heteroatoms. The lowest BCUT2D eigenvalue weighted by atomic mass is 9.96. The van der Waals surface area contributed by atoms with Crippen LogP contribution in [0.3, 0.4) is 0 Å². The van der Waals surface area contributed by atoms with Crippen molar-refractivity contribution in [2.24, 2.45) is 0 Å². The first-order valence-corrected chi connectivity index (χ1v) is 7.64. The molecule has 10 nitrogen and oxygen atoms in total. The Balaban J connectivity index is 2.33. The van der Waals surface area contributed by atoms with E-state index in [1.54, 1.807) is 0 Å². The number of carbonyl (C=O) groups is 3. The van der Waals surface area contributed by atoms with Crippen molar-refractivity contribution in [2.75, 3.05) is 20.8 Å². The molecule has 0 bridgehead atoms. The van der Waals surface area contributed by atoms with Gasteiger partial charge in [-0.1, -0.05) is 0 Å². The standard InChI is InChI=1S/C15H22O10/c1-7(16)22-11-10-9(6-21-15(3,25-10)14(18)20-5)24-13(19-4)12(11)23-8(2)17/h9-13H,6H2,1-5H3/t9-,10-,11+,12-,13+,15?/m1/s1. The highest BCUT2D eigenvalue weighted by Gasteiger charge is 2.57. The molecular weight excluding hydrogens is 340 g/mol. The fourth-order valence-electron chi connectivity index (χ4n) is 2.81. The average molecular weight is 362 g/mol. The first-order valence-electron chi connectivity index (χ1n) is 7.64. The number of ether oxygens (including phenoxy) is 7. The maximum atomic E-state index is 11.9. The summed E-state index contributed by atoms with van der Waals surface area (Å²) in [7, 11) is 2.55. The number of esters is 3. The molecule has 2 aliphatic rings. The van der Waals surface area contributed by atoms with Gasteiger partial charge in [-0.3, -0.25) is 9.59 Å². The van der Waals surface area contributed by atoms with Crippen LogP contribution in [0.5, 0.6) is 0 Å². The van der Waals surface area contributed by atoms with Crippen LogP contribution in [0.1, 0.15) is 20.8 Å². The number of fused-ring (bicyclic) bond motifs is 1. The van der Waals surface area contributed by atoms with Gasteiger partial charge in [0.05, 0.1) is 13.7 Å². The highest BCUT2D eigenvalue weighted by Crippen LogP contribution is 2.36. The van der Waals surface area contributed by atoms with Gasteiger partial charge in [0, 0.05) is 27.9 Å². The van der Waals surface area contributed by atoms with Crippen molar-refractivity contribution in [3.8, 4) is 0 Å². The molecule has 142 valence electrons. The van der Waals surface area contributed by atoms with Gasteiger partial charge in [-0.05, 0) is 0 Å². The summed E-state index contributed by atoms with van der Waals surface area (Å²) in [5.41, 5.74) is 0. The van der Waals surface area contributed by atoms with Gasteiger partial charge in [-0.15, -0.1) is 0 Å². The molecule has 0 radical (unpaired) electrons. The fourth-order valence-corrected chi connectivity index (χ4v) is 2.81. The third-order valence-electron chi connectivity index (χ3n) is 3.87. The Bertz CT molecular complexity index is 534. The van der Waals surface area contributed by atoms with Crippen LogP contribution in [0.2, 0.25) is 0 Å². The summed E-state index contributed by atoms with van der Waals surface area (Å²) in [5, 5.41) is 0. The molecule has 0 N–H and O–H groups in total. The first kappa shape index (κ1) is 19.6. The lowest BCUT2D eigenvalue weighted by molar-refractivity contribution is -0.377. The summed E-state index contributed by atoms with van der Waals surface area (Å²) in [4.78, 5) is 34.9. The molecule has 0 aromatic carbocycles. The zero-order valence-electron chi connectivity index (χ0n) is 14.7. The van der Waals surface area contributed by atoms with Crippen molar-refractivity contribution in [3.63, 3.8) is 0 Å². The average Bonchev–Trinajstić information content (AvgIpc) is 2.55. The van der Waals surface area contributed by atoms with Crippen molar-refractivity contribution >= 4 is 17.9 Å². The van der Waals surface area contributed by atoms with Gasteiger partial charge in [0.1, 0.15) is 12.2 Å². The Labute approximate surface area is 144 Å². The van der Waals surface area contributed by atoms with Crippen LogP contribution < -0.4 is 0 Å². The van der Waals surface area contributed by atoms with Crippen molar-refractivity contribution in [3.05, 3.63) is 0 Å². The Morgan fingerprint density at radius 1 is 1.04 bits per heavy atom. The second kappa shape index (κ2) is 7.65. The monoisotopic (exact) mass is 362 g/mol. The van der Waals surface area contributed by atoms with E-state index in [2.05, 4.69) is 4.74 Å². The number of hydrogen-bond donors (Lipinski definition) is 0. The minimum absolute atomic E-state index is 0.0410. The van der Waals surface area contributed by atoms with Crippen LogP contribution in [0.25, 0.3) is 0 Å². The van der Waals surface area contributed by atoms with Gasteiger partial charge in [0.15, 0.2) is 18.5 Å². The van der Waals surface area contributed by atoms with E-state index in [1.807, 2.05) is 0 Å². The summed E-state index contributed by atoms with van der Waals surface area (Å²) in [6.07, 6.45) is -4.77. The third-order valence-corrected chi connectivity index (χ3v) is 3.87. The molecule has 2 aliphatic heterocycles. The van der Waals surface area contributed by atoms with E-state index >= 15 is 0 Å². The minimum atomic E-state index is -1.71. The molecule has 6 atom stereocenters. The topological polar surface area (TPSA) is 116 Å². The smallest absolute Gasteiger partial charge is 0.366 e. The third kappa shape index (κ3) is 4.09. The van der Waals surface area contributed by atoms with Crippen LogP contribution >= 0.6 is 0 Å². The van der Waals surface area contributed by atoms with E-state index in [4.69, 9.17) is 28.4 Å². The van der Waals surface area contributed by atoms with E-state index in [0.717, 1.165) is 0 Å². The van der Waals surface area contributed by atoms with Crippen molar-refractivity contribution in [2.45, 2.75) is 57.3 Å². The predicted molar refractivity (Wildman–Crippen MR) is 78.0 cm³/mol. The molecule has 2 fully saturated rings. The molecule has 2 rings (SSSR count). The molecule has 0 aromatic heterocycles. The lowest BCUT2D eigenvalue weighted by Gasteiger charge is -2.49. The Morgan fingerprint density at radius 2 is 1.64 bits per heavy atom. The zero-order valence-corrected chi connectivity index (χ0v) is 14.7. The van der Waals surface area contributed by atoms with Crippen molar-refractivity contribution in [1.82, 2.24) is 0 Å². The van der Waals surface area contributed by atoms with Gasteiger partial charge < -0.3 is 33.2 Å². The largest absolute Gasteiger partial charge is 0.465 e. The number of carbonyl (C=O) groups excluding carboxylic acids is 3. The summed E-state index contributed by atoms with van der Waals surface area (Å²) in [5.74, 6) is -3.70. The van der Waals surface area contributed by atoms with E-state index in [1.165, 1.54) is 35.0 Å². The van der Waals surface area contributed by atoms with E-state index in [0.29, 0.717) is 0 Å². The maximum Gasteiger partial charge on any atom is 0.366 e. The van der Waals surface area contributed by atoms with E-state index in [9.17, 15) is 14.4 Å². The normalized spacial score (nSPS) is 37.6. The Hall–Kier alpha value is -1.75. The van der Waals surface area contributed by atoms with E-state index in [-0.39, 0.29) is 6.61 Å². The Morgan fingerprint density at radius 3 is 2.16 bits per heavy atom. The van der Waals surface area contributed by atoms with E-state index < -0.39 is 54.4 Å². The number of methoxy groups -OCH3 is 2. The fraction of sp³-hybridized carbons (Fsp3) is 0.800. The molecule has 1 unspecified atom stereocenters. The first-order chi connectivity index (χ1) is 11.7. The summed E-state index contributed by atoms with van der Waals surface area (Å²) >= 11 is 0. The summed E-state index contributed by atoms with van der Waals surface area (Å²) in [6, 6.07) is 0. The van der Waals surface area contributed by atoms with Crippen LogP contribution in [0, 0.1) is 0 Å².